The van der Waals surface area contributed by atoms with Crippen LogP contribution in [0.1, 0.15) is 35.2 Å². The van der Waals surface area contributed by atoms with Gasteiger partial charge in [0.25, 0.3) is 5.91 Å². The monoisotopic (exact) mass is 234 g/mol. The highest BCUT2D eigenvalue weighted by atomic mass is 16.3. The second-order valence-corrected chi connectivity index (χ2v) is 4.51. The van der Waals surface area contributed by atoms with Crippen LogP contribution in [0.25, 0.3) is 0 Å². The van der Waals surface area contributed by atoms with Crippen LogP contribution < -0.4 is 5.43 Å². The largest absolute Gasteiger partial charge is 0.507 e. The summed E-state index contributed by atoms with van der Waals surface area (Å²) >= 11 is 0. The van der Waals surface area contributed by atoms with E-state index in [1.165, 1.54) is 6.42 Å². The van der Waals surface area contributed by atoms with Crippen LogP contribution in [0.3, 0.4) is 0 Å². The maximum Gasteiger partial charge on any atom is 0.269 e. The summed E-state index contributed by atoms with van der Waals surface area (Å²) in [4.78, 5) is 12.0. The fourth-order valence-electron chi connectivity index (χ4n) is 2.04. The lowest BCUT2D eigenvalue weighted by molar-refractivity contribution is 0.0747. The van der Waals surface area contributed by atoms with Gasteiger partial charge in [-0.05, 0) is 31.9 Å². The first-order valence-electron chi connectivity index (χ1n) is 6.02. The van der Waals surface area contributed by atoms with Gasteiger partial charge in [0.05, 0.1) is 5.56 Å². The van der Waals surface area contributed by atoms with Gasteiger partial charge in [0.2, 0.25) is 0 Å². The van der Waals surface area contributed by atoms with Gasteiger partial charge in [0, 0.05) is 13.1 Å². The molecule has 0 atom stereocenters. The summed E-state index contributed by atoms with van der Waals surface area (Å²) in [6, 6.07) is 5.04. The first-order chi connectivity index (χ1) is 8.16. The van der Waals surface area contributed by atoms with Crippen LogP contribution in [0.15, 0.2) is 18.2 Å². The van der Waals surface area contributed by atoms with Crippen LogP contribution in [0.5, 0.6) is 5.75 Å². The minimum absolute atomic E-state index is 0.0325. The molecule has 4 nitrogen and oxygen atoms in total. The highest BCUT2D eigenvalue weighted by molar-refractivity contribution is 5.96. The summed E-state index contributed by atoms with van der Waals surface area (Å²) in [5.41, 5.74) is 4.15. The Labute approximate surface area is 101 Å². The van der Waals surface area contributed by atoms with Crippen molar-refractivity contribution < 1.29 is 9.90 Å². The topological polar surface area (TPSA) is 52.6 Å². The number of aryl methyl sites for hydroxylation is 1. The van der Waals surface area contributed by atoms with Crippen LogP contribution in [0.2, 0.25) is 0 Å². The molecule has 17 heavy (non-hydrogen) atoms. The molecule has 1 aromatic carbocycles. The Morgan fingerprint density at radius 3 is 2.71 bits per heavy atom. The van der Waals surface area contributed by atoms with Crippen LogP contribution >= 0.6 is 0 Å². The van der Waals surface area contributed by atoms with Gasteiger partial charge in [0.1, 0.15) is 5.75 Å². The molecule has 1 aliphatic rings. The van der Waals surface area contributed by atoms with E-state index in [9.17, 15) is 9.90 Å². The number of phenolic OH excluding ortho intramolecular Hbond substituents is 1. The zero-order valence-electron chi connectivity index (χ0n) is 10.1. The summed E-state index contributed by atoms with van der Waals surface area (Å²) in [6.07, 6.45) is 3.45. The molecule has 1 aromatic rings. The average Bonchev–Trinajstić information content (AvgIpc) is 2.33. The Morgan fingerprint density at radius 2 is 2.00 bits per heavy atom. The molecule has 92 valence electrons. The van der Waals surface area contributed by atoms with E-state index in [2.05, 4.69) is 5.43 Å². The first-order valence-corrected chi connectivity index (χ1v) is 6.02. The Hall–Kier alpha value is -1.55. The molecule has 1 saturated heterocycles. The summed E-state index contributed by atoms with van der Waals surface area (Å²) < 4.78 is 0. The van der Waals surface area contributed by atoms with Crippen molar-refractivity contribution in [3.8, 4) is 5.75 Å². The van der Waals surface area contributed by atoms with Crippen molar-refractivity contribution in [1.82, 2.24) is 10.4 Å². The van der Waals surface area contributed by atoms with Gasteiger partial charge in [0.15, 0.2) is 0 Å². The van der Waals surface area contributed by atoms with Crippen molar-refractivity contribution >= 4 is 5.91 Å². The molecule has 0 aromatic heterocycles. The van der Waals surface area contributed by atoms with E-state index >= 15 is 0 Å². The van der Waals surface area contributed by atoms with E-state index < -0.39 is 0 Å². The third-order valence-electron chi connectivity index (χ3n) is 3.01. The lowest BCUT2D eigenvalue weighted by atomic mass is 10.1. The Kier molecular flexibility index (Phi) is 3.64. The number of piperidine rings is 1. The Bertz CT molecular complexity index is 412. The number of hydrazine groups is 1. The van der Waals surface area contributed by atoms with Gasteiger partial charge >= 0.3 is 0 Å². The van der Waals surface area contributed by atoms with E-state index in [0.29, 0.717) is 5.56 Å². The standard InChI is InChI=1S/C13H18N2O2/c1-10-5-6-12(16)11(9-10)13(17)14-15-7-3-2-4-8-15/h5-6,9,16H,2-4,7-8H2,1H3,(H,14,17). The van der Waals surface area contributed by atoms with Crippen molar-refractivity contribution in [2.24, 2.45) is 0 Å². The van der Waals surface area contributed by atoms with Gasteiger partial charge < -0.3 is 5.11 Å². The highest BCUT2D eigenvalue weighted by Gasteiger charge is 2.16. The van der Waals surface area contributed by atoms with E-state index in [0.717, 1.165) is 31.5 Å². The van der Waals surface area contributed by atoms with Crippen LogP contribution in [0, 0.1) is 6.92 Å². The maximum atomic E-state index is 12.0. The fourth-order valence-corrected chi connectivity index (χ4v) is 2.04. The van der Waals surface area contributed by atoms with Gasteiger partial charge in [-0.25, -0.2) is 5.01 Å². The molecule has 1 amide bonds. The smallest absolute Gasteiger partial charge is 0.269 e. The molecule has 1 aliphatic heterocycles. The molecule has 0 bridgehead atoms. The Balaban J connectivity index is 2.05. The van der Waals surface area contributed by atoms with E-state index in [1.807, 2.05) is 11.9 Å². The number of amides is 1. The summed E-state index contributed by atoms with van der Waals surface area (Å²) in [5.74, 6) is -0.196. The summed E-state index contributed by atoms with van der Waals surface area (Å²) in [7, 11) is 0. The zero-order chi connectivity index (χ0) is 12.3. The molecule has 0 aliphatic carbocycles. The van der Waals surface area contributed by atoms with E-state index in [4.69, 9.17) is 0 Å². The highest BCUT2D eigenvalue weighted by Crippen LogP contribution is 2.18. The third kappa shape index (κ3) is 2.97. The first kappa shape index (κ1) is 11.9. The number of hydrogen-bond donors (Lipinski definition) is 2. The molecule has 1 fully saturated rings. The lowest BCUT2D eigenvalue weighted by Crippen LogP contribution is -2.45. The van der Waals surface area contributed by atoms with Crippen molar-refractivity contribution in [3.05, 3.63) is 29.3 Å². The van der Waals surface area contributed by atoms with Crippen molar-refractivity contribution in [3.63, 3.8) is 0 Å². The fraction of sp³-hybridized carbons (Fsp3) is 0.462. The number of rotatable bonds is 2. The predicted octanol–water partition coefficient (Wildman–Crippen LogP) is 1.83. The predicted molar refractivity (Wildman–Crippen MR) is 65.7 cm³/mol. The molecular formula is C13H18N2O2. The second kappa shape index (κ2) is 5.19. The number of carbonyl (C=O) groups is 1. The zero-order valence-corrected chi connectivity index (χ0v) is 10.1. The summed E-state index contributed by atoms with van der Waals surface area (Å²) in [5, 5.41) is 11.6. The number of phenols is 1. The quantitative estimate of drug-likeness (QED) is 0.821. The molecule has 0 radical (unpaired) electrons. The molecule has 0 saturated carbocycles. The number of nitrogens with one attached hydrogen (secondary N) is 1. The number of nitrogens with zero attached hydrogens (tertiary/aromatic N) is 1. The van der Waals surface area contributed by atoms with Gasteiger partial charge in [-0.1, -0.05) is 18.1 Å². The number of benzene rings is 1. The van der Waals surface area contributed by atoms with Crippen molar-refractivity contribution in [1.29, 1.82) is 0 Å². The summed E-state index contributed by atoms with van der Waals surface area (Å²) in [6.45, 7) is 3.67. The lowest BCUT2D eigenvalue weighted by Gasteiger charge is -2.26. The van der Waals surface area contributed by atoms with Crippen LogP contribution in [0.4, 0.5) is 0 Å². The van der Waals surface area contributed by atoms with E-state index in [1.54, 1.807) is 18.2 Å². The second-order valence-electron chi connectivity index (χ2n) is 4.51. The van der Waals surface area contributed by atoms with Gasteiger partial charge in [-0.15, -0.1) is 0 Å². The van der Waals surface area contributed by atoms with Crippen LogP contribution in [-0.2, 0) is 0 Å². The van der Waals surface area contributed by atoms with Crippen molar-refractivity contribution in [2.45, 2.75) is 26.2 Å². The molecule has 2 N–H and O–H groups in total. The minimum Gasteiger partial charge on any atom is -0.507 e. The number of carbonyl (C=O) groups excluding carboxylic acids is 1. The molecule has 0 spiro atoms. The SMILES string of the molecule is Cc1ccc(O)c(C(=O)NN2CCCCC2)c1. The van der Waals surface area contributed by atoms with Crippen molar-refractivity contribution in [2.75, 3.05) is 13.1 Å². The van der Waals surface area contributed by atoms with Gasteiger partial charge in [-0.2, -0.15) is 0 Å². The molecular weight excluding hydrogens is 216 g/mol. The average molecular weight is 234 g/mol. The van der Waals surface area contributed by atoms with Gasteiger partial charge in [-0.3, -0.25) is 10.2 Å². The van der Waals surface area contributed by atoms with E-state index in [-0.39, 0.29) is 11.7 Å². The third-order valence-corrected chi connectivity index (χ3v) is 3.01. The normalized spacial score (nSPS) is 16.8. The number of hydrogen-bond acceptors (Lipinski definition) is 3. The Morgan fingerprint density at radius 1 is 1.29 bits per heavy atom. The molecule has 2 rings (SSSR count). The molecule has 4 heteroatoms. The number of aromatic hydroxyl groups is 1. The molecule has 1 heterocycles. The van der Waals surface area contributed by atoms with Crippen LogP contribution in [-0.4, -0.2) is 29.1 Å². The minimum atomic E-state index is -0.229. The molecule has 0 unspecified atom stereocenters. The maximum absolute atomic E-state index is 12.0.